The molecule has 0 aromatic carbocycles. The summed E-state index contributed by atoms with van der Waals surface area (Å²) < 4.78 is 6.06. The smallest absolute Gasteiger partial charge is 0.232 e. The average molecular weight is 257 g/mol. The van der Waals surface area contributed by atoms with Gasteiger partial charge in [-0.05, 0) is 30.6 Å². The highest BCUT2D eigenvalue weighted by Gasteiger charge is 2.62. The van der Waals surface area contributed by atoms with E-state index in [0.29, 0.717) is 17.0 Å². The van der Waals surface area contributed by atoms with Crippen molar-refractivity contribution in [2.75, 3.05) is 0 Å². The van der Waals surface area contributed by atoms with Crippen molar-refractivity contribution in [2.45, 2.75) is 46.1 Å². The van der Waals surface area contributed by atoms with E-state index >= 15 is 0 Å². The van der Waals surface area contributed by atoms with Crippen LogP contribution in [0.3, 0.4) is 0 Å². The topological polar surface area (TPSA) is 58.8 Å². The molecule has 3 unspecified atom stereocenters. The van der Waals surface area contributed by atoms with Crippen molar-refractivity contribution in [3.05, 3.63) is 18.1 Å². The number of hydrogen-bond donors (Lipinski definition) is 0. The van der Waals surface area contributed by atoms with Crippen LogP contribution in [0.15, 0.2) is 12.4 Å². The van der Waals surface area contributed by atoms with Crippen LogP contribution in [0.4, 0.5) is 0 Å². The third-order valence-corrected chi connectivity index (χ3v) is 5.72. The molecule has 0 radical (unpaired) electrons. The summed E-state index contributed by atoms with van der Waals surface area (Å²) in [6, 6.07) is 1.97. The molecule has 0 N–H and O–H groups in total. The SMILES string of the molecule is CC1(C)C2CCC1(C)C(Oc1cnc(C#N)cn1)C2. The van der Waals surface area contributed by atoms with E-state index in [1.165, 1.54) is 19.0 Å². The first-order valence-corrected chi connectivity index (χ1v) is 6.86. The summed E-state index contributed by atoms with van der Waals surface area (Å²) in [6.07, 6.45) is 6.87. The minimum atomic E-state index is 0.212. The predicted octanol–water partition coefficient (Wildman–Crippen LogP) is 2.94. The molecule has 100 valence electrons. The molecule has 2 aliphatic rings. The van der Waals surface area contributed by atoms with Crippen LogP contribution in [0.25, 0.3) is 0 Å². The molecule has 3 atom stereocenters. The molecular weight excluding hydrogens is 238 g/mol. The predicted molar refractivity (Wildman–Crippen MR) is 70.4 cm³/mol. The van der Waals surface area contributed by atoms with Crippen LogP contribution in [0.2, 0.25) is 0 Å². The Morgan fingerprint density at radius 2 is 2.11 bits per heavy atom. The van der Waals surface area contributed by atoms with Crippen LogP contribution < -0.4 is 4.74 Å². The van der Waals surface area contributed by atoms with Gasteiger partial charge in [0.1, 0.15) is 12.2 Å². The van der Waals surface area contributed by atoms with Gasteiger partial charge in [-0.15, -0.1) is 0 Å². The average Bonchev–Trinajstić information content (AvgIpc) is 2.73. The van der Waals surface area contributed by atoms with E-state index in [4.69, 9.17) is 10.00 Å². The minimum Gasteiger partial charge on any atom is -0.473 e. The molecule has 0 saturated heterocycles. The maximum absolute atomic E-state index is 8.71. The van der Waals surface area contributed by atoms with Gasteiger partial charge in [0, 0.05) is 5.41 Å². The number of rotatable bonds is 2. The molecule has 1 heterocycles. The van der Waals surface area contributed by atoms with Crippen LogP contribution >= 0.6 is 0 Å². The molecule has 19 heavy (non-hydrogen) atoms. The molecule has 0 amide bonds. The van der Waals surface area contributed by atoms with Crippen molar-refractivity contribution in [2.24, 2.45) is 16.7 Å². The van der Waals surface area contributed by atoms with Gasteiger partial charge in [-0.2, -0.15) is 5.26 Å². The Morgan fingerprint density at radius 3 is 2.58 bits per heavy atom. The Labute approximate surface area is 113 Å². The normalized spacial score (nSPS) is 35.1. The maximum atomic E-state index is 8.71. The zero-order valence-electron chi connectivity index (χ0n) is 11.7. The number of ether oxygens (including phenoxy) is 1. The van der Waals surface area contributed by atoms with Gasteiger partial charge >= 0.3 is 0 Å². The molecule has 3 rings (SSSR count). The lowest BCUT2D eigenvalue weighted by molar-refractivity contribution is 0.0270. The Kier molecular flexibility index (Phi) is 2.57. The molecule has 4 heteroatoms. The first kappa shape index (κ1) is 12.4. The van der Waals surface area contributed by atoms with Gasteiger partial charge in [0.25, 0.3) is 0 Å². The number of nitrogens with zero attached hydrogens (tertiary/aromatic N) is 3. The summed E-state index contributed by atoms with van der Waals surface area (Å²) >= 11 is 0. The summed E-state index contributed by atoms with van der Waals surface area (Å²) in [5.74, 6) is 1.28. The van der Waals surface area contributed by atoms with Crippen LogP contribution in [-0.4, -0.2) is 16.1 Å². The summed E-state index contributed by atoms with van der Waals surface area (Å²) in [4.78, 5) is 8.18. The Bertz CT molecular complexity index is 531. The highest BCUT2D eigenvalue weighted by Crippen LogP contribution is 2.66. The zero-order chi connectivity index (χ0) is 13.7. The van der Waals surface area contributed by atoms with Gasteiger partial charge in [0.15, 0.2) is 5.69 Å². The molecule has 2 aliphatic carbocycles. The Morgan fingerprint density at radius 1 is 1.32 bits per heavy atom. The highest BCUT2D eigenvalue weighted by atomic mass is 16.5. The number of aromatic nitrogens is 2. The van der Waals surface area contributed by atoms with Crippen LogP contribution in [0.5, 0.6) is 5.88 Å². The Hall–Kier alpha value is -1.63. The van der Waals surface area contributed by atoms with Crippen molar-refractivity contribution in [3.63, 3.8) is 0 Å². The quantitative estimate of drug-likeness (QED) is 0.817. The molecule has 0 aliphatic heterocycles. The zero-order valence-corrected chi connectivity index (χ0v) is 11.7. The number of fused-ring (bicyclic) bond motifs is 2. The van der Waals surface area contributed by atoms with E-state index in [1.807, 2.05) is 6.07 Å². The van der Waals surface area contributed by atoms with Crippen molar-refractivity contribution in [1.82, 2.24) is 9.97 Å². The lowest BCUT2D eigenvalue weighted by atomic mass is 9.70. The molecule has 1 aromatic heterocycles. The first-order chi connectivity index (χ1) is 8.97. The van der Waals surface area contributed by atoms with Crippen molar-refractivity contribution in [3.8, 4) is 11.9 Å². The second-order valence-corrected chi connectivity index (χ2v) is 6.57. The first-order valence-electron chi connectivity index (χ1n) is 6.86. The summed E-state index contributed by atoms with van der Waals surface area (Å²) in [5.41, 5.74) is 0.872. The molecular formula is C15H19N3O. The summed E-state index contributed by atoms with van der Waals surface area (Å²) in [7, 11) is 0. The third-order valence-electron chi connectivity index (χ3n) is 5.72. The van der Waals surface area contributed by atoms with Gasteiger partial charge in [-0.3, -0.25) is 0 Å². The molecule has 2 fully saturated rings. The maximum Gasteiger partial charge on any atom is 0.232 e. The van der Waals surface area contributed by atoms with Gasteiger partial charge in [-0.25, -0.2) is 9.97 Å². The van der Waals surface area contributed by atoms with E-state index in [9.17, 15) is 0 Å². The van der Waals surface area contributed by atoms with Gasteiger partial charge in [0.2, 0.25) is 5.88 Å². The van der Waals surface area contributed by atoms with Crippen molar-refractivity contribution in [1.29, 1.82) is 5.26 Å². The van der Waals surface area contributed by atoms with Crippen molar-refractivity contribution < 1.29 is 4.74 Å². The molecule has 2 saturated carbocycles. The van der Waals surface area contributed by atoms with Crippen LogP contribution in [0.1, 0.15) is 45.7 Å². The Balaban J connectivity index is 1.80. The van der Waals surface area contributed by atoms with Gasteiger partial charge < -0.3 is 4.74 Å². The highest BCUT2D eigenvalue weighted by molar-refractivity contribution is 5.19. The van der Waals surface area contributed by atoms with E-state index in [1.54, 1.807) is 6.20 Å². The van der Waals surface area contributed by atoms with E-state index in [0.717, 1.165) is 12.3 Å². The van der Waals surface area contributed by atoms with Gasteiger partial charge in [-0.1, -0.05) is 20.8 Å². The molecule has 2 bridgehead atoms. The fourth-order valence-electron chi connectivity index (χ4n) is 3.89. The van der Waals surface area contributed by atoms with Gasteiger partial charge in [0.05, 0.1) is 12.4 Å². The van der Waals surface area contributed by atoms with E-state index in [2.05, 4.69) is 30.7 Å². The van der Waals surface area contributed by atoms with Crippen molar-refractivity contribution >= 4 is 0 Å². The third kappa shape index (κ3) is 1.64. The lowest BCUT2D eigenvalue weighted by Crippen LogP contribution is -2.39. The summed E-state index contributed by atoms with van der Waals surface area (Å²) in [6.45, 7) is 7.05. The van der Waals surface area contributed by atoms with E-state index < -0.39 is 0 Å². The molecule has 4 nitrogen and oxygen atoms in total. The summed E-state index contributed by atoms with van der Waals surface area (Å²) in [5, 5.41) is 8.71. The molecule has 0 spiro atoms. The fourth-order valence-corrected chi connectivity index (χ4v) is 3.89. The number of hydrogen-bond acceptors (Lipinski definition) is 4. The van der Waals surface area contributed by atoms with E-state index in [-0.39, 0.29) is 11.5 Å². The standard InChI is InChI=1S/C15H19N3O/c1-14(2)10-4-5-15(14,3)12(6-10)19-13-9-17-11(7-16)8-18-13/h8-10,12H,4-6H2,1-3H3. The molecule has 1 aromatic rings. The monoisotopic (exact) mass is 257 g/mol. The van der Waals surface area contributed by atoms with Crippen LogP contribution in [0, 0.1) is 28.1 Å². The minimum absolute atomic E-state index is 0.212. The van der Waals surface area contributed by atoms with Crippen LogP contribution in [-0.2, 0) is 0 Å². The second-order valence-electron chi connectivity index (χ2n) is 6.57. The lowest BCUT2D eigenvalue weighted by Gasteiger charge is -2.38. The fraction of sp³-hybridized carbons (Fsp3) is 0.667. The largest absolute Gasteiger partial charge is 0.473 e. The number of nitriles is 1. The second kappa shape index (κ2) is 3.93.